The Kier molecular flexibility index (Phi) is 1.01. The number of hydrogen-bond acceptors (Lipinski definition) is 0. The molecule has 2 aliphatic rings. The molecule has 1 saturated heterocycles. The first-order valence-electron chi connectivity index (χ1n) is 3.66. The van der Waals surface area contributed by atoms with Gasteiger partial charge in [0, 0.05) is 9.52 Å². The van der Waals surface area contributed by atoms with Crippen molar-refractivity contribution in [2.45, 2.75) is 43.2 Å². The molecule has 0 bridgehead atoms. The molecule has 2 rings (SSSR count). The van der Waals surface area contributed by atoms with Crippen LogP contribution in [0.2, 0.25) is 11.1 Å². The van der Waals surface area contributed by atoms with Crippen LogP contribution in [0.5, 0.6) is 0 Å². The third kappa shape index (κ3) is 0.571. The molecule has 1 aliphatic heterocycles. The maximum absolute atomic E-state index is 1.57. The molecule has 1 heterocycles. The van der Waals surface area contributed by atoms with Crippen LogP contribution in [0.4, 0.5) is 0 Å². The summed E-state index contributed by atoms with van der Waals surface area (Å²) in [6, 6.07) is 1.56. The van der Waals surface area contributed by atoms with Gasteiger partial charge in [-0.25, -0.2) is 0 Å². The quantitative estimate of drug-likeness (QED) is 0.434. The Hall–Kier alpha value is 0.217. The largest absolute Gasteiger partial charge is 0.0607 e. The number of hydrogen-bond donors (Lipinski definition) is 0. The Morgan fingerprint density at radius 1 is 1.00 bits per heavy atom. The normalized spacial score (nSPS) is 33.0. The van der Waals surface area contributed by atoms with E-state index in [1.807, 2.05) is 0 Å². The molecule has 8 heavy (non-hydrogen) atoms. The van der Waals surface area contributed by atoms with Gasteiger partial charge in [0.1, 0.15) is 0 Å². The van der Waals surface area contributed by atoms with Gasteiger partial charge in [0.25, 0.3) is 0 Å². The van der Waals surface area contributed by atoms with E-state index in [1.54, 1.807) is 31.7 Å². The van der Waals surface area contributed by atoms with E-state index in [1.165, 1.54) is 15.9 Å². The first kappa shape index (κ1) is 5.04. The van der Waals surface area contributed by atoms with Gasteiger partial charge in [-0.05, 0) is 5.04 Å². The van der Waals surface area contributed by atoms with Gasteiger partial charge in [-0.1, -0.05) is 38.1 Å². The topological polar surface area (TPSA) is 0 Å². The molecule has 0 amide bonds. The standard InChI is InChI=1S/C7H12Si/c1-3-7(4-1)5-2-6-8-7/h1-6H2. The van der Waals surface area contributed by atoms with Crippen LogP contribution in [-0.4, -0.2) is 9.52 Å². The fourth-order valence-electron chi connectivity index (χ4n) is 1.90. The molecular formula is C7H12Si. The summed E-state index contributed by atoms with van der Waals surface area (Å²) < 4.78 is 0. The Labute approximate surface area is 53.5 Å². The lowest BCUT2D eigenvalue weighted by Crippen LogP contribution is -2.23. The zero-order chi connectivity index (χ0) is 5.45. The van der Waals surface area contributed by atoms with Gasteiger partial charge in [-0.2, -0.15) is 0 Å². The van der Waals surface area contributed by atoms with E-state index < -0.39 is 0 Å². The van der Waals surface area contributed by atoms with Crippen molar-refractivity contribution in [1.29, 1.82) is 0 Å². The molecular weight excluding hydrogens is 112 g/mol. The second-order valence-electron chi connectivity index (χ2n) is 3.16. The van der Waals surface area contributed by atoms with Gasteiger partial charge in [-0.15, -0.1) is 0 Å². The minimum absolute atomic E-state index is 0.944. The minimum Gasteiger partial charge on any atom is -0.0607 e. The van der Waals surface area contributed by atoms with Crippen molar-refractivity contribution in [1.82, 2.24) is 0 Å². The van der Waals surface area contributed by atoms with Gasteiger partial charge in [0.2, 0.25) is 0 Å². The predicted octanol–water partition coefficient (Wildman–Crippen LogP) is 2.25. The van der Waals surface area contributed by atoms with Crippen molar-refractivity contribution in [3.05, 3.63) is 0 Å². The Balaban J connectivity index is 2.01. The van der Waals surface area contributed by atoms with E-state index in [0.29, 0.717) is 0 Å². The summed E-state index contributed by atoms with van der Waals surface area (Å²) in [4.78, 5) is 0. The van der Waals surface area contributed by atoms with Gasteiger partial charge < -0.3 is 0 Å². The molecule has 1 aliphatic carbocycles. The maximum atomic E-state index is 1.57. The van der Waals surface area contributed by atoms with E-state index >= 15 is 0 Å². The summed E-state index contributed by atoms with van der Waals surface area (Å²) in [5.74, 6) is 0. The highest BCUT2D eigenvalue weighted by Crippen LogP contribution is 2.55. The van der Waals surface area contributed by atoms with Crippen LogP contribution in [-0.2, 0) is 0 Å². The molecule has 1 heteroatoms. The van der Waals surface area contributed by atoms with Crippen LogP contribution in [0.1, 0.15) is 32.1 Å². The van der Waals surface area contributed by atoms with E-state index in [-0.39, 0.29) is 0 Å². The van der Waals surface area contributed by atoms with E-state index in [0.717, 1.165) is 5.04 Å². The second kappa shape index (κ2) is 1.60. The average molecular weight is 124 g/mol. The fraction of sp³-hybridized carbons (Fsp3) is 1.00. The van der Waals surface area contributed by atoms with Crippen LogP contribution < -0.4 is 0 Å². The van der Waals surface area contributed by atoms with Crippen LogP contribution in [0, 0.1) is 0 Å². The molecule has 1 saturated carbocycles. The molecule has 2 radical (unpaired) electrons. The summed E-state index contributed by atoms with van der Waals surface area (Å²) >= 11 is 0. The van der Waals surface area contributed by atoms with Crippen LogP contribution >= 0.6 is 0 Å². The summed E-state index contributed by atoms with van der Waals surface area (Å²) in [6.07, 6.45) is 7.80. The SMILES string of the molecule is C1C[Si]C2(C1)CCC2. The highest BCUT2D eigenvalue weighted by molar-refractivity contribution is 6.41. The molecule has 0 aromatic heterocycles. The molecule has 2 fully saturated rings. The van der Waals surface area contributed by atoms with E-state index in [2.05, 4.69) is 0 Å². The summed E-state index contributed by atoms with van der Waals surface area (Å²) in [7, 11) is 1.34. The Morgan fingerprint density at radius 2 is 1.75 bits per heavy atom. The Morgan fingerprint density at radius 3 is 2.00 bits per heavy atom. The summed E-state index contributed by atoms with van der Waals surface area (Å²) in [6.45, 7) is 0. The third-order valence-corrected chi connectivity index (χ3v) is 4.75. The first-order valence-corrected chi connectivity index (χ1v) is 4.87. The summed E-state index contributed by atoms with van der Waals surface area (Å²) in [5, 5.41) is 0.944. The van der Waals surface area contributed by atoms with Crippen LogP contribution in [0.15, 0.2) is 0 Å². The zero-order valence-corrected chi connectivity index (χ0v) is 6.24. The highest BCUT2D eigenvalue weighted by atomic mass is 28.2. The average Bonchev–Trinajstić information content (AvgIpc) is 2.07. The predicted molar refractivity (Wildman–Crippen MR) is 36.3 cm³/mol. The summed E-state index contributed by atoms with van der Waals surface area (Å²) in [5.41, 5.74) is 0. The molecule has 0 aromatic carbocycles. The van der Waals surface area contributed by atoms with Crippen molar-refractivity contribution < 1.29 is 0 Å². The van der Waals surface area contributed by atoms with Gasteiger partial charge in [0.05, 0.1) is 0 Å². The first-order chi connectivity index (χ1) is 3.91. The van der Waals surface area contributed by atoms with Crippen molar-refractivity contribution >= 4 is 9.52 Å². The smallest absolute Gasteiger partial charge is 0.0455 e. The van der Waals surface area contributed by atoms with E-state index in [9.17, 15) is 0 Å². The van der Waals surface area contributed by atoms with Crippen LogP contribution in [0.3, 0.4) is 0 Å². The van der Waals surface area contributed by atoms with Crippen molar-refractivity contribution in [3.63, 3.8) is 0 Å². The fourth-order valence-corrected chi connectivity index (χ4v) is 3.84. The monoisotopic (exact) mass is 124 g/mol. The molecule has 0 atom stereocenters. The number of rotatable bonds is 0. The highest BCUT2D eigenvalue weighted by Gasteiger charge is 2.39. The van der Waals surface area contributed by atoms with E-state index in [4.69, 9.17) is 0 Å². The third-order valence-electron chi connectivity index (χ3n) is 2.64. The lowest BCUT2D eigenvalue weighted by molar-refractivity contribution is 0.329. The van der Waals surface area contributed by atoms with Crippen molar-refractivity contribution in [2.75, 3.05) is 0 Å². The van der Waals surface area contributed by atoms with Gasteiger partial charge >= 0.3 is 0 Å². The Bertz CT molecular complexity index is 86.6. The maximum Gasteiger partial charge on any atom is 0.0455 e. The van der Waals surface area contributed by atoms with Crippen LogP contribution in [0.25, 0.3) is 0 Å². The minimum atomic E-state index is 0.944. The van der Waals surface area contributed by atoms with Gasteiger partial charge in [-0.3, -0.25) is 0 Å². The molecule has 44 valence electrons. The molecule has 0 nitrogen and oxygen atoms in total. The molecule has 0 unspecified atom stereocenters. The van der Waals surface area contributed by atoms with Gasteiger partial charge in [0.15, 0.2) is 0 Å². The zero-order valence-electron chi connectivity index (χ0n) is 5.24. The molecule has 1 spiro atoms. The lowest BCUT2D eigenvalue weighted by atomic mass is 9.81. The van der Waals surface area contributed by atoms with Crippen molar-refractivity contribution in [3.8, 4) is 0 Å². The molecule has 0 aromatic rings. The lowest BCUT2D eigenvalue weighted by Gasteiger charge is -2.37. The van der Waals surface area contributed by atoms with Crippen molar-refractivity contribution in [2.24, 2.45) is 0 Å². The molecule has 0 N–H and O–H groups in total. The second-order valence-corrected chi connectivity index (χ2v) is 5.08.